The van der Waals surface area contributed by atoms with Crippen molar-refractivity contribution in [3.05, 3.63) is 23.4 Å². The van der Waals surface area contributed by atoms with Crippen molar-refractivity contribution < 1.29 is 4.79 Å². The van der Waals surface area contributed by atoms with Gasteiger partial charge in [-0.25, -0.2) is 4.98 Å². The van der Waals surface area contributed by atoms with Crippen LogP contribution in [0.15, 0.2) is 12.1 Å². The van der Waals surface area contributed by atoms with Crippen LogP contribution in [0.1, 0.15) is 69.9 Å². The van der Waals surface area contributed by atoms with Crippen LogP contribution in [-0.2, 0) is 6.42 Å². The second kappa shape index (κ2) is 8.01. The summed E-state index contributed by atoms with van der Waals surface area (Å²) < 4.78 is 0. The molecule has 0 aliphatic heterocycles. The molecule has 1 rings (SSSR count). The fourth-order valence-corrected chi connectivity index (χ4v) is 2.15. The SMILES string of the molecule is CCCc1cc(C(=O)NC(C)(CC)CC)cc(NCC)n1. The molecule has 4 heteroatoms. The second-order valence-electron chi connectivity index (χ2n) is 5.73. The van der Waals surface area contributed by atoms with Crippen LogP contribution >= 0.6 is 0 Å². The van der Waals surface area contributed by atoms with Gasteiger partial charge in [0.25, 0.3) is 5.91 Å². The molecule has 0 saturated heterocycles. The van der Waals surface area contributed by atoms with E-state index in [0.29, 0.717) is 5.56 Å². The second-order valence-corrected chi connectivity index (χ2v) is 5.73. The largest absolute Gasteiger partial charge is 0.370 e. The van der Waals surface area contributed by atoms with Gasteiger partial charge in [-0.1, -0.05) is 27.2 Å². The van der Waals surface area contributed by atoms with Gasteiger partial charge < -0.3 is 10.6 Å². The fraction of sp³-hybridized carbons (Fsp3) is 0.647. The summed E-state index contributed by atoms with van der Waals surface area (Å²) in [5, 5.41) is 6.35. The van der Waals surface area contributed by atoms with E-state index >= 15 is 0 Å². The van der Waals surface area contributed by atoms with E-state index in [0.717, 1.165) is 43.7 Å². The first-order valence-corrected chi connectivity index (χ1v) is 8.05. The lowest BCUT2D eigenvalue weighted by Gasteiger charge is -2.28. The lowest BCUT2D eigenvalue weighted by atomic mass is 9.95. The molecule has 0 saturated carbocycles. The summed E-state index contributed by atoms with van der Waals surface area (Å²) in [5.74, 6) is 0.767. The molecule has 1 aromatic heterocycles. The quantitative estimate of drug-likeness (QED) is 0.766. The zero-order chi connectivity index (χ0) is 15.9. The zero-order valence-electron chi connectivity index (χ0n) is 14.0. The predicted octanol–water partition coefficient (Wildman–Crippen LogP) is 3.77. The highest BCUT2D eigenvalue weighted by atomic mass is 16.1. The topological polar surface area (TPSA) is 54.0 Å². The Morgan fingerprint density at radius 1 is 1.19 bits per heavy atom. The highest BCUT2D eigenvalue weighted by molar-refractivity contribution is 5.95. The van der Waals surface area contributed by atoms with Gasteiger partial charge in [0.1, 0.15) is 5.82 Å². The lowest BCUT2D eigenvalue weighted by molar-refractivity contribution is 0.0901. The lowest BCUT2D eigenvalue weighted by Crippen LogP contribution is -2.45. The summed E-state index contributed by atoms with van der Waals surface area (Å²) in [6.07, 6.45) is 3.74. The Balaban J connectivity index is 3.01. The Hall–Kier alpha value is -1.58. The highest BCUT2D eigenvalue weighted by Gasteiger charge is 2.23. The fourth-order valence-electron chi connectivity index (χ4n) is 2.15. The molecular formula is C17H29N3O. The molecule has 0 radical (unpaired) electrons. The molecule has 2 N–H and O–H groups in total. The zero-order valence-corrected chi connectivity index (χ0v) is 14.0. The summed E-state index contributed by atoms with van der Waals surface area (Å²) in [7, 11) is 0. The third-order valence-electron chi connectivity index (χ3n) is 3.98. The van der Waals surface area contributed by atoms with Crippen LogP contribution in [0.3, 0.4) is 0 Å². The number of carbonyl (C=O) groups excluding carboxylic acids is 1. The van der Waals surface area contributed by atoms with Crippen molar-refractivity contribution in [3.63, 3.8) is 0 Å². The van der Waals surface area contributed by atoms with Crippen molar-refractivity contribution in [3.8, 4) is 0 Å². The summed E-state index contributed by atoms with van der Waals surface area (Å²) in [5.41, 5.74) is 1.51. The van der Waals surface area contributed by atoms with Crippen molar-refractivity contribution in [2.45, 2.75) is 65.8 Å². The summed E-state index contributed by atoms with van der Waals surface area (Å²) in [4.78, 5) is 17.1. The molecule has 1 amide bonds. The van der Waals surface area contributed by atoms with Gasteiger partial charge in [0.15, 0.2) is 0 Å². The van der Waals surface area contributed by atoms with Crippen LogP contribution in [0.25, 0.3) is 0 Å². The third-order valence-corrected chi connectivity index (χ3v) is 3.98. The molecule has 0 unspecified atom stereocenters. The maximum absolute atomic E-state index is 12.5. The molecule has 118 valence electrons. The van der Waals surface area contributed by atoms with Gasteiger partial charge in [-0.3, -0.25) is 4.79 Å². The minimum atomic E-state index is -0.149. The molecule has 0 fully saturated rings. The molecule has 0 spiro atoms. The number of aromatic nitrogens is 1. The Morgan fingerprint density at radius 2 is 1.86 bits per heavy atom. The molecule has 0 aliphatic rings. The summed E-state index contributed by atoms with van der Waals surface area (Å²) >= 11 is 0. The molecule has 21 heavy (non-hydrogen) atoms. The monoisotopic (exact) mass is 291 g/mol. The normalized spacial score (nSPS) is 11.3. The Morgan fingerprint density at radius 3 is 2.38 bits per heavy atom. The molecular weight excluding hydrogens is 262 g/mol. The first kappa shape index (κ1) is 17.5. The average molecular weight is 291 g/mol. The summed E-state index contributed by atoms with van der Waals surface area (Å²) in [6.45, 7) is 11.2. The van der Waals surface area contributed by atoms with E-state index in [1.807, 2.05) is 19.1 Å². The number of hydrogen-bond acceptors (Lipinski definition) is 3. The number of nitrogens with zero attached hydrogens (tertiary/aromatic N) is 1. The molecule has 0 aliphatic carbocycles. The minimum absolute atomic E-state index is 0.0138. The molecule has 1 aromatic rings. The third kappa shape index (κ3) is 5.03. The van der Waals surface area contributed by atoms with E-state index in [1.165, 1.54) is 0 Å². The van der Waals surface area contributed by atoms with E-state index in [9.17, 15) is 4.79 Å². The predicted molar refractivity (Wildman–Crippen MR) is 88.8 cm³/mol. The van der Waals surface area contributed by atoms with Crippen LogP contribution in [-0.4, -0.2) is 23.0 Å². The van der Waals surface area contributed by atoms with E-state index in [-0.39, 0.29) is 11.4 Å². The van der Waals surface area contributed by atoms with Gasteiger partial charge in [-0.15, -0.1) is 0 Å². The van der Waals surface area contributed by atoms with Crippen molar-refractivity contribution in [1.82, 2.24) is 10.3 Å². The first-order valence-electron chi connectivity index (χ1n) is 8.05. The molecule has 4 nitrogen and oxygen atoms in total. The van der Waals surface area contributed by atoms with E-state index in [1.54, 1.807) is 0 Å². The minimum Gasteiger partial charge on any atom is -0.370 e. The maximum atomic E-state index is 12.5. The standard InChI is InChI=1S/C17H29N3O/c1-6-10-14-11-13(12-15(19-14)18-9-4)16(21)20-17(5,7-2)8-3/h11-12H,6-10H2,1-5H3,(H,18,19)(H,20,21). The number of carbonyl (C=O) groups is 1. The number of rotatable bonds is 8. The van der Waals surface area contributed by atoms with Crippen molar-refractivity contribution in [2.75, 3.05) is 11.9 Å². The van der Waals surface area contributed by atoms with Crippen LogP contribution in [0, 0.1) is 0 Å². The Kier molecular flexibility index (Phi) is 6.66. The first-order chi connectivity index (χ1) is 9.97. The van der Waals surface area contributed by atoms with Crippen LogP contribution in [0.2, 0.25) is 0 Å². The molecule has 1 heterocycles. The molecule has 0 aromatic carbocycles. The van der Waals surface area contributed by atoms with Crippen LogP contribution in [0.5, 0.6) is 0 Å². The molecule has 0 atom stereocenters. The van der Waals surface area contributed by atoms with Gasteiger partial charge in [-0.2, -0.15) is 0 Å². The van der Waals surface area contributed by atoms with Crippen LogP contribution in [0.4, 0.5) is 5.82 Å². The number of amides is 1. The van der Waals surface area contributed by atoms with Gasteiger partial charge in [-0.05, 0) is 45.2 Å². The average Bonchev–Trinajstić information content (AvgIpc) is 2.47. The van der Waals surface area contributed by atoms with Gasteiger partial charge in [0, 0.05) is 23.3 Å². The van der Waals surface area contributed by atoms with E-state index < -0.39 is 0 Å². The summed E-state index contributed by atoms with van der Waals surface area (Å²) in [6, 6.07) is 3.75. The smallest absolute Gasteiger partial charge is 0.251 e. The van der Waals surface area contributed by atoms with E-state index in [2.05, 4.69) is 43.3 Å². The van der Waals surface area contributed by atoms with Crippen molar-refractivity contribution in [1.29, 1.82) is 0 Å². The van der Waals surface area contributed by atoms with Gasteiger partial charge in [0.05, 0.1) is 0 Å². The number of anilines is 1. The highest BCUT2D eigenvalue weighted by Crippen LogP contribution is 2.17. The van der Waals surface area contributed by atoms with E-state index in [4.69, 9.17) is 0 Å². The molecule has 0 bridgehead atoms. The number of aryl methyl sites for hydroxylation is 1. The van der Waals surface area contributed by atoms with Crippen LogP contribution < -0.4 is 10.6 Å². The maximum Gasteiger partial charge on any atom is 0.251 e. The van der Waals surface area contributed by atoms with Crippen molar-refractivity contribution in [2.24, 2.45) is 0 Å². The van der Waals surface area contributed by atoms with Crippen molar-refractivity contribution >= 4 is 11.7 Å². The van der Waals surface area contributed by atoms with Gasteiger partial charge in [0.2, 0.25) is 0 Å². The number of pyridine rings is 1. The Bertz CT molecular complexity index is 443. The Labute approximate surface area is 128 Å². The number of nitrogens with one attached hydrogen (secondary N) is 2. The van der Waals surface area contributed by atoms with Gasteiger partial charge >= 0.3 is 0 Å². The number of hydrogen-bond donors (Lipinski definition) is 2.